The second-order valence-electron chi connectivity index (χ2n) is 8.32. The molecular formula is C26H20F3N5O5. The van der Waals surface area contributed by atoms with Crippen molar-refractivity contribution in [1.82, 2.24) is 9.78 Å². The van der Waals surface area contributed by atoms with Gasteiger partial charge in [-0.3, -0.25) is 24.9 Å². The van der Waals surface area contributed by atoms with Crippen molar-refractivity contribution >= 4 is 29.2 Å². The van der Waals surface area contributed by atoms with Gasteiger partial charge in [0.05, 0.1) is 16.2 Å². The molecule has 13 heteroatoms. The molecule has 4 rings (SSSR count). The van der Waals surface area contributed by atoms with Crippen molar-refractivity contribution < 1.29 is 32.4 Å². The van der Waals surface area contributed by atoms with Crippen LogP contribution in [0.25, 0.3) is 11.3 Å². The van der Waals surface area contributed by atoms with Crippen molar-refractivity contribution in [1.29, 1.82) is 0 Å². The van der Waals surface area contributed by atoms with Crippen LogP contribution in [0.15, 0.2) is 72.8 Å². The number of nitrogens with one attached hydrogen (secondary N) is 2. The Hall–Kier alpha value is -5.20. The van der Waals surface area contributed by atoms with Crippen LogP contribution in [0.3, 0.4) is 0 Å². The van der Waals surface area contributed by atoms with Gasteiger partial charge in [-0.1, -0.05) is 12.1 Å². The van der Waals surface area contributed by atoms with E-state index >= 15 is 0 Å². The second-order valence-corrected chi connectivity index (χ2v) is 8.32. The highest BCUT2D eigenvalue weighted by atomic mass is 19.4. The molecule has 2 amide bonds. The lowest BCUT2D eigenvalue weighted by atomic mass is 10.1. The number of aromatic nitrogens is 2. The van der Waals surface area contributed by atoms with Crippen LogP contribution < -0.4 is 15.4 Å². The topological polar surface area (TPSA) is 128 Å². The van der Waals surface area contributed by atoms with Crippen LogP contribution in [0.4, 0.5) is 35.2 Å². The van der Waals surface area contributed by atoms with Gasteiger partial charge >= 0.3 is 12.3 Å². The van der Waals surface area contributed by atoms with Gasteiger partial charge < -0.3 is 10.1 Å². The van der Waals surface area contributed by atoms with Crippen LogP contribution >= 0.6 is 0 Å². The Kier molecular flexibility index (Phi) is 7.33. The van der Waals surface area contributed by atoms with Gasteiger partial charge in [0.1, 0.15) is 11.6 Å². The van der Waals surface area contributed by atoms with Crippen LogP contribution in [0, 0.1) is 17.0 Å². The van der Waals surface area contributed by atoms with E-state index in [0.29, 0.717) is 28.3 Å². The van der Waals surface area contributed by atoms with Crippen molar-refractivity contribution in [2.75, 3.05) is 10.6 Å². The highest BCUT2D eigenvalue weighted by Gasteiger charge is 2.30. The zero-order chi connectivity index (χ0) is 28.3. The van der Waals surface area contributed by atoms with Crippen LogP contribution in [0.1, 0.15) is 21.5 Å². The fraction of sp³-hybridized carbons (Fsp3) is 0.115. The Balaban J connectivity index is 1.42. The minimum absolute atomic E-state index is 0.0567. The van der Waals surface area contributed by atoms with Crippen LogP contribution in [0.5, 0.6) is 5.75 Å². The zero-order valence-electron chi connectivity index (χ0n) is 20.4. The summed E-state index contributed by atoms with van der Waals surface area (Å²) in [6, 6.07) is 15.5. The summed E-state index contributed by atoms with van der Waals surface area (Å²) < 4.78 is 44.9. The molecule has 0 aliphatic carbocycles. The SMILES string of the molecule is Cc1c(-c2ccc(NC(=O)Oc3ccc([N+](=O)[O-])cc3)cc2)nn(C)c1NC(=O)c1ccc(C(F)(F)F)cc1. The zero-order valence-corrected chi connectivity index (χ0v) is 20.4. The van der Waals surface area contributed by atoms with Gasteiger partial charge in [0.25, 0.3) is 11.6 Å². The van der Waals surface area contributed by atoms with Gasteiger partial charge in [0, 0.05) is 41.6 Å². The second kappa shape index (κ2) is 10.7. The molecule has 0 bridgehead atoms. The van der Waals surface area contributed by atoms with Crippen molar-refractivity contribution in [3.63, 3.8) is 0 Å². The number of anilines is 2. The standard InChI is InChI=1S/C26H20F3N5O5/c1-15-22(32-33(2)23(15)31-24(35)17-3-7-18(8-4-17)26(27,28)29)16-5-9-19(10-6-16)30-25(36)39-21-13-11-20(12-14-21)34(37)38/h3-14H,1-2H3,(H,30,36)(H,31,35). The molecule has 1 aromatic heterocycles. The lowest BCUT2D eigenvalue weighted by Crippen LogP contribution is -2.16. The molecule has 0 fully saturated rings. The van der Waals surface area contributed by atoms with E-state index < -0.39 is 28.7 Å². The molecule has 0 saturated carbocycles. The fourth-order valence-electron chi connectivity index (χ4n) is 3.67. The number of rotatable bonds is 6. The van der Waals surface area contributed by atoms with E-state index in [1.54, 1.807) is 38.2 Å². The van der Waals surface area contributed by atoms with E-state index in [9.17, 15) is 32.9 Å². The van der Waals surface area contributed by atoms with Gasteiger partial charge in [-0.05, 0) is 55.5 Å². The summed E-state index contributed by atoms with van der Waals surface area (Å²) in [6.45, 7) is 1.73. The number of aryl methyl sites for hydroxylation is 1. The third-order valence-corrected chi connectivity index (χ3v) is 5.65. The molecule has 4 aromatic rings. The fourth-order valence-corrected chi connectivity index (χ4v) is 3.67. The Labute approximate surface area is 219 Å². The van der Waals surface area contributed by atoms with E-state index in [2.05, 4.69) is 15.7 Å². The Morgan fingerprint density at radius 3 is 2.13 bits per heavy atom. The molecule has 200 valence electrons. The molecule has 1 heterocycles. The largest absolute Gasteiger partial charge is 0.417 e. The van der Waals surface area contributed by atoms with E-state index in [-0.39, 0.29) is 17.0 Å². The molecule has 0 aliphatic rings. The van der Waals surface area contributed by atoms with Crippen molar-refractivity contribution in [2.45, 2.75) is 13.1 Å². The summed E-state index contributed by atoms with van der Waals surface area (Å²) in [7, 11) is 1.61. The number of carbonyl (C=O) groups is 2. The highest BCUT2D eigenvalue weighted by Crippen LogP contribution is 2.31. The summed E-state index contributed by atoms with van der Waals surface area (Å²) in [6.07, 6.45) is -5.29. The predicted octanol–water partition coefficient (Wildman–Crippen LogP) is 6.19. The molecule has 0 aliphatic heterocycles. The maximum Gasteiger partial charge on any atom is 0.417 e. The molecule has 0 spiro atoms. The molecule has 0 radical (unpaired) electrons. The lowest BCUT2D eigenvalue weighted by Gasteiger charge is -2.09. The van der Waals surface area contributed by atoms with Crippen LogP contribution in [-0.4, -0.2) is 26.7 Å². The first kappa shape index (κ1) is 26.9. The normalized spacial score (nSPS) is 11.1. The number of benzene rings is 3. The van der Waals surface area contributed by atoms with Crippen molar-refractivity contribution in [3.05, 3.63) is 99.6 Å². The monoisotopic (exact) mass is 539 g/mol. The van der Waals surface area contributed by atoms with Crippen LogP contribution in [-0.2, 0) is 13.2 Å². The third-order valence-electron chi connectivity index (χ3n) is 5.65. The summed E-state index contributed by atoms with van der Waals surface area (Å²) in [5.41, 5.74) is 1.32. The van der Waals surface area contributed by atoms with Gasteiger partial charge in [-0.25, -0.2) is 4.79 Å². The minimum atomic E-state index is -4.50. The molecule has 3 aromatic carbocycles. The molecular weight excluding hydrogens is 519 g/mol. The first-order valence-corrected chi connectivity index (χ1v) is 11.3. The molecule has 10 nitrogen and oxygen atoms in total. The van der Waals surface area contributed by atoms with Gasteiger partial charge in [0.15, 0.2) is 0 Å². The summed E-state index contributed by atoms with van der Waals surface area (Å²) >= 11 is 0. The quantitative estimate of drug-likeness (QED) is 0.222. The Bertz CT molecular complexity index is 1530. The minimum Gasteiger partial charge on any atom is -0.410 e. The van der Waals surface area contributed by atoms with E-state index in [1.165, 1.54) is 28.9 Å². The average Bonchev–Trinajstić information content (AvgIpc) is 3.17. The summed E-state index contributed by atoms with van der Waals surface area (Å²) in [5, 5.41) is 20.4. The van der Waals surface area contributed by atoms with Gasteiger partial charge in [-0.15, -0.1) is 0 Å². The average molecular weight is 539 g/mol. The number of non-ortho nitro benzene ring substituents is 1. The lowest BCUT2D eigenvalue weighted by molar-refractivity contribution is -0.384. The number of nitro benzene ring substituents is 1. The summed E-state index contributed by atoms with van der Waals surface area (Å²) in [4.78, 5) is 35.0. The predicted molar refractivity (Wildman–Crippen MR) is 136 cm³/mol. The number of hydrogen-bond acceptors (Lipinski definition) is 6. The molecule has 0 unspecified atom stereocenters. The Morgan fingerprint density at radius 1 is 0.949 bits per heavy atom. The Morgan fingerprint density at radius 2 is 1.56 bits per heavy atom. The molecule has 0 atom stereocenters. The number of halogens is 3. The van der Waals surface area contributed by atoms with Gasteiger partial charge in [0.2, 0.25) is 0 Å². The smallest absolute Gasteiger partial charge is 0.410 e. The van der Waals surface area contributed by atoms with Crippen LogP contribution in [0.2, 0.25) is 0 Å². The first-order chi connectivity index (χ1) is 18.4. The molecule has 0 saturated heterocycles. The number of alkyl halides is 3. The molecule has 2 N–H and O–H groups in total. The van der Waals surface area contributed by atoms with E-state index in [4.69, 9.17) is 4.74 Å². The highest BCUT2D eigenvalue weighted by molar-refractivity contribution is 6.04. The van der Waals surface area contributed by atoms with Gasteiger partial charge in [-0.2, -0.15) is 18.3 Å². The number of hydrogen-bond donors (Lipinski definition) is 2. The van der Waals surface area contributed by atoms with Crippen molar-refractivity contribution in [3.8, 4) is 17.0 Å². The van der Waals surface area contributed by atoms with E-state index in [0.717, 1.165) is 24.3 Å². The number of ether oxygens (including phenoxy) is 1. The van der Waals surface area contributed by atoms with E-state index in [1.807, 2.05) is 0 Å². The number of carbonyl (C=O) groups excluding carboxylic acids is 2. The maximum atomic E-state index is 12.8. The summed E-state index contributed by atoms with van der Waals surface area (Å²) in [5.74, 6) is -0.0964. The third kappa shape index (κ3) is 6.21. The first-order valence-electron chi connectivity index (χ1n) is 11.3. The van der Waals surface area contributed by atoms with Crippen molar-refractivity contribution in [2.24, 2.45) is 7.05 Å². The maximum absolute atomic E-state index is 12.8. The number of nitrogens with zero attached hydrogens (tertiary/aromatic N) is 3. The molecule has 39 heavy (non-hydrogen) atoms. The number of amides is 2. The number of nitro groups is 1.